The molecule has 0 atom stereocenters. The summed E-state index contributed by atoms with van der Waals surface area (Å²) in [6.45, 7) is 7.93. The van der Waals surface area contributed by atoms with E-state index in [9.17, 15) is 13.2 Å². The lowest BCUT2D eigenvalue weighted by Gasteiger charge is -2.18. The number of hydrogen-bond donors (Lipinski definition) is 1. The summed E-state index contributed by atoms with van der Waals surface area (Å²) in [4.78, 5) is 12.4. The van der Waals surface area contributed by atoms with Gasteiger partial charge in [-0.05, 0) is 30.0 Å². The van der Waals surface area contributed by atoms with Gasteiger partial charge in [-0.3, -0.25) is 4.79 Å². The SMILES string of the molecule is Cc1cccc(-n2nc3c(c2NC(=O)CC(C)(C)C)CS(=O)(=O)C3)c1. The number of aryl methyl sites for hydroxylation is 1. The summed E-state index contributed by atoms with van der Waals surface area (Å²) in [6.07, 6.45) is 0.341. The third kappa shape index (κ3) is 3.92. The van der Waals surface area contributed by atoms with Gasteiger partial charge in [-0.15, -0.1) is 0 Å². The molecule has 0 spiro atoms. The summed E-state index contributed by atoms with van der Waals surface area (Å²) in [6, 6.07) is 7.73. The average molecular weight is 361 g/mol. The van der Waals surface area contributed by atoms with E-state index in [-0.39, 0.29) is 22.8 Å². The van der Waals surface area contributed by atoms with Crippen LogP contribution in [0, 0.1) is 12.3 Å². The Bertz CT molecular complexity index is 937. The molecule has 0 aliphatic carbocycles. The van der Waals surface area contributed by atoms with Gasteiger partial charge in [0.05, 0.1) is 22.9 Å². The second kappa shape index (κ2) is 5.98. The highest BCUT2D eigenvalue weighted by molar-refractivity contribution is 7.90. The van der Waals surface area contributed by atoms with Crippen LogP contribution in [0.15, 0.2) is 24.3 Å². The Morgan fingerprint density at radius 2 is 2.00 bits per heavy atom. The third-order valence-electron chi connectivity index (χ3n) is 3.98. The third-order valence-corrected chi connectivity index (χ3v) is 5.42. The summed E-state index contributed by atoms with van der Waals surface area (Å²) >= 11 is 0. The number of nitrogens with zero attached hydrogens (tertiary/aromatic N) is 2. The molecule has 0 saturated carbocycles. The number of aromatic nitrogens is 2. The fourth-order valence-electron chi connectivity index (χ4n) is 2.98. The number of carbonyl (C=O) groups is 1. The first-order chi connectivity index (χ1) is 11.5. The van der Waals surface area contributed by atoms with Crippen molar-refractivity contribution in [3.05, 3.63) is 41.1 Å². The van der Waals surface area contributed by atoms with Crippen molar-refractivity contribution in [2.24, 2.45) is 5.41 Å². The molecule has 1 N–H and O–H groups in total. The fraction of sp³-hybridized carbons (Fsp3) is 0.444. The largest absolute Gasteiger partial charge is 0.310 e. The van der Waals surface area contributed by atoms with Crippen LogP contribution in [0.5, 0.6) is 0 Å². The van der Waals surface area contributed by atoms with E-state index >= 15 is 0 Å². The number of benzene rings is 1. The summed E-state index contributed by atoms with van der Waals surface area (Å²) in [7, 11) is -3.19. The second-order valence-electron chi connectivity index (χ2n) is 7.84. The number of anilines is 1. The number of nitrogens with one attached hydrogen (secondary N) is 1. The Morgan fingerprint density at radius 3 is 2.64 bits per heavy atom. The van der Waals surface area contributed by atoms with E-state index in [2.05, 4.69) is 10.4 Å². The van der Waals surface area contributed by atoms with Crippen molar-refractivity contribution >= 4 is 21.6 Å². The first-order valence-electron chi connectivity index (χ1n) is 8.22. The van der Waals surface area contributed by atoms with Crippen molar-refractivity contribution in [3.63, 3.8) is 0 Å². The van der Waals surface area contributed by atoms with Crippen LogP contribution in [-0.4, -0.2) is 24.1 Å². The highest BCUT2D eigenvalue weighted by Crippen LogP contribution is 2.33. The summed E-state index contributed by atoms with van der Waals surface area (Å²) in [5.41, 5.74) is 2.83. The lowest BCUT2D eigenvalue weighted by molar-refractivity contribution is -0.117. The predicted molar refractivity (Wildman–Crippen MR) is 97.3 cm³/mol. The summed E-state index contributed by atoms with van der Waals surface area (Å²) < 4.78 is 25.6. The van der Waals surface area contributed by atoms with Gasteiger partial charge in [0.1, 0.15) is 5.82 Å². The Balaban J connectivity index is 2.04. The van der Waals surface area contributed by atoms with Crippen molar-refractivity contribution in [1.82, 2.24) is 9.78 Å². The van der Waals surface area contributed by atoms with E-state index in [0.29, 0.717) is 23.5 Å². The van der Waals surface area contributed by atoms with Crippen molar-refractivity contribution in [2.45, 2.75) is 45.6 Å². The van der Waals surface area contributed by atoms with Gasteiger partial charge in [-0.2, -0.15) is 5.10 Å². The molecule has 1 amide bonds. The van der Waals surface area contributed by atoms with Crippen molar-refractivity contribution in [1.29, 1.82) is 0 Å². The van der Waals surface area contributed by atoms with Crippen molar-refractivity contribution in [3.8, 4) is 5.69 Å². The smallest absolute Gasteiger partial charge is 0.226 e. The molecule has 134 valence electrons. The van der Waals surface area contributed by atoms with E-state index in [0.717, 1.165) is 11.3 Å². The Kier molecular flexibility index (Phi) is 4.23. The van der Waals surface area contributed by atoms with Crippen LogP contribution in [-0.2, 0) is 26.1 Å². The number of hydrogen-bond acceptors (Lipinski definition) is 4. The molecular weight excluding hydrogens is 338 g/mol. The molecule has 1 aliphatic rings. The van der Waals surface area contributed by atoms with E-state index in [1.54, 1.807) is 4.68 Å². The lowest BCUT2D eigenvalue weighted by atomic mass is 9.92. The molecule has 3 rings (SSSR count). The maximum atomic E-state index is 12.4. The molecule has 1 aromatic heterocycles. The molecular formula is C18H23N3O3S. The molecule has 0 fully saturated rings. The molecule has 0 unspecified atom stereocenters. The van der Waals surface area contributed by atoms with Crippen LogP contribution in [0.3, 0.4) is 0 Å². The van der Waals surface area contributed by atoms with Gasteiger partial charge in [0.15, 0.2) is 9.84 Å². The molecule has 0 radical (unpaired) electrons. The number of rotatable bonds is 3. The van der Waals surface area contributed by atoms with Crippen LogP contribution < -0.4 is 5.32 Å². The first-order valence-corrected chi connectivity index (χ1v) is 10.0. The fourth-order valence-corrected chi connectivity index (χ4v) is 4.47. The van der Waals surface area contributed by atoms with Crippen molar-refractivity contribution < 1.29 is 13.2 Å². The summed E-state index contributed by atoms with van der Waals surface area (Å²) in [5, 5.41) is 7.37. The zero-order valence-electron chi connectivity index (χ0n) is 15.0. The predicted octanol–water partition coefficient (Wildman–Crippen LogP) is 2.98. The van der Waals surface area contributed by atoms with E-state index in [4.69, 9.17) is 0 Å². The summed E-state index contributed by atoms with van der Waals surface area (Å²) in [5.74, 6) is 0.159. The minimum Gasteiger partial charge on any atom is -0.310 e. The van der Waals surface area contributed by atoms with Crippen LogP contribution in [0.4, 0.5) is 5.82 Å². The van der Waals surface area contributed by atoms with Gasteiger partial charge in [0, 0.05) is 12.0 Å². The maximum absolute atomic E-state index is 12.4. The van der Waals surface area contributed by atoms with E-state index in [1.165, 1.54) is 0 Å². The van der Waals surface area contributed by atoms with Gasteiger partial charge in [0.25, 0.3) is 0 Å². The molecule has 2 heterocycles. The van der Waals surface area contributed by atoms with Gasteiger partial charge >= 0.3 is 0 Å². The molecule has 2 aromatic rings. The van der Waals surface area contributed by atoms with E-state index < -0.39 is 9.84 Å². The molecule has 1 aliphatic heterocycles. The Hall–Kier alpha value is -2.15. The monoisotopic (exact) mass is 361 g/mol. The lowest BCUT2D eigenvalue weighted by Crippen LogP contribution is -2.22. The van der Waals surface area contributed by atoms with Crippen LogP contribution in [0.1, 0.15) is 44.0 Å². The standard InChI is InChI=1S/C18H23N3O3S/c1-12-6-5-7-13(8-12)21-17(19-16(22)9-18(2,3)4)14-10-25(23,24)11-15(14)20-21/h5-8H,9-11H2,1-4H3,(H,19,22). The number of amides is 1. The van der Waals surface area contributed by atoms with Gasteiger partial charge in [0.2, 0.25) is 5.91 Å². The van der Waals surface area contributed by atoms with Crippen LogP contribution in [0.25, 0.3) is 5.69 Å². The number of carbonyl (C=O) groups excluding carboxylic acids is 1. The van der Waals surface area contributed by atoms with Crippen molar-refractivity contribution in [2.75, 3.05) is 5.32 Å². The molecule has 6 nitrogen and oxygen atoms in total. The van der Waals surface area contributed by atoms with Gasteiger partial charge in [-0.25, -0.2) is 13.1 Å². The number of sulfone groups is 1. The molecule has 7 heteroatoms. The topological polar surface area (TPSA) is 81.1 Å². The van der Waals surface area contributed by atoms with E-state index in [1.807, 2.05) is 52.0 Å². The molecule has 1 aromatic carbocycles. The van der Waals surface area contributed by atoms with Gasteiger partial charge < -0.3 is 5.32 Å². The second-order valence-corrected chi connectivity index (χ2v) is 9.91. The quantitative estimate of drug-likeness (QED) is 0.911. The highest BCUT2D eigenvalue weighted by Gasteiger charge is 2.33. The molecule has 25 heavy (non-hydrogen) atoms. The zero-order valence-corrected chi connectivity index (χ0v) is 15.8. The minimum absolute atomic E-state index is 0.0801. The first kappa shape index (κ1) is 17.7. The Labute approximate surface area is 148 Å². The molecule has 0 bridgehead atoms. The molecule has 0 saturated heterocycles. The maximum Gasteiger partial charge on any atom is 0.226 e. The van der Waals surface area contributed by atoms with Crippen LogP contribution in [0.2, 0.25) is 0 Å². The van der Waals surface area contributed by atoms with Crippen LogP contribution >= 0.6 is 0 Å². The zero-order chi connectivity index (χ0) is 18.4. The van der Waals surface area contributed by atoms with Gasteiger partial charge in [-0.1, -0.05) is 32.9 Å². The Morgan fingerprint density at radius 1 is 1.28 bits per heavy atom. The average Bonchev–Trinajstić information content (AvgIpc) is 2.90. The number of fused-ring (bicyclic) bond motifs is 1. The minimum atomic E-state index is -3.19. The highest BCUT2D eigenvalue weighted by atomic mass is 32.2. The normalized spacial score (nSPS) is 15.8.